The van der Waals surface area contributed by atoms with Gasteiger partial charge in [-0.25, -0.2) is 0 Å². The number of fused-ring (bicyclic) bond motifs is 1. The smallest absolute Gasteiger partial charge is 0.260 e. The Hall–Kier alpha value is -3.49. The summed E-state index contributed by atoms with van der Waals surface area (Å²) >= 11 is 0. The predicted molar refractivity (Wildman–Crippen MR) is 109 cm³/mol. The van der Waals surface area contributed by atoms with Crippen LogP contribution in [-0.2, 0) is 9.59 Å². The largest absolute Gasteiger partial charge is 0.467 e. The van der Waals surface area contributed by atoms with Crippen molar-refractivity contribution in [2.24, 2.45) is 0 Å². The van der Waals surface area contributed by atoms with Gasteiger partial charge in [-0.3, -0.25) is 9.59 Å². The highest BCUT2D eigenvalue weighted by Crippen LogP contribution is 2.28. The zero-order chi connectivity index (χ0) is 20.9. The molecule has 1 aliphatic rings. The maximum atomic E-state index is 12.8. The summed E-state index contributed by atoms with van der Waals surface area (Å²) in [6.45, 7) is 2.76. The van der Waals surface area contributed by atoms with Crippen LogP contribution in [0.25, 0.3) is 5.65 Å². The molecule has 3 aromatic rings. The molecular weight excluding hydrogens is 384 g/mol. The number of carbonyl (C=O) groups excluding carboxylic acids is 2. The molecule has 0 unspecified atom stereocenters. The van der Waals surface area contributed by atoms with Crippen molar-refractivity contribution in [3.05, 3.63) is 54.4 Å². The first-order valence-corrected chi connectivity index (χ1v) is 10.1. The first-order chi connectivity index (χ1) is 14.6. The summed E-state index contributed by atoms with van der Waals surface area (Å²) in [5, 5.41) is 15.0. The van der Waals surface area contributed by atoms with E-state index in [0.29, 0.717) is 31.0 Å². The Bertz CT molecular complexity index is 1020. The lowest BCUT2D eigenvalue weighted by molar-refractivity contribution is -0.136. The molecule has 1 aromatic carbocycles. The maximum Gasteiger partial charge on any atom is 0.260 e. The van der Waals surface area contributed by atoms with Gasteiger partial charge >= 0.3 is 0 Å². The number of amides is 2. The van der Waals surface area contributed by atoms with Gasteiger partial charge in [-0.05, 0) is 18.1 Å². The molecule has 2 aromatic heterocycles. The number of carbonyl (C=O) groups is 2. The van der Waals surface area contributed by atoms with E-state index >= 15 is 0 Å². The summed E-state index contributed by atoms with van der Waals surface area (Å²) in [6.07, 6.45) is 2.65. The number of piperidine rings is 1. The van der Waals surface area contributed by atoms with Crippen molar-refractivity contribution in [3.63, 3.8) is 0 Å². The number of hydrogen-bond donors (Lipinski definition) is 1. The second-order valence-corrected chi connectivity index (χ2v) is 7.27. The zero-order valence-corrected chi connectivity index (χ0v) is 16.8. The summed E-state index contributed by atoms with van der Waals surface area (Å²) in [5.41, 5.74) is 1.78. The van der Waals surface area contributed by atoms with Crippen LogP contribution in [0.1, 0.15) is 31.2 Å². The van der Waals surface area contributed by atoms with Crippen molar-refractivity contribution < 1.29 is 14.3 Å². The van der Waals surface area contributed by atoms with Crippen LogP contribution in [0.4, 0.5) is 0 Å². The second-order valence-electron chi connectivity index (χ2n) is 7.27. The van der Waals surface area contributed by atoms with E-state index in [0.717, 1.165) is 6.42 Å². The molecule has 3 heterocycles. The Morgan fingerprint density at radius 2 is 2.03 bits per heavy atom. The molecule has 1 fully saturated rings. The van der Waals surface area contributed by atoms with E-state index in [2.05, 4.69) is 32.7 Å². The average molecular weight is 408 g/mol. The van der Waals surface area contributed by atoms with Gasteiger partial charge in [0.1, 0.15) is 6.33 Å². The number of nitrogens with one attached hydrogen (secondary N) is 1. The highest BCUT2D eigenvalue weighted by molar-refractivity contribution is 5.79. The minimum absolute atomic E-state index is 0.0158. The minimum atomic E-state index is -0.136. The van der Waals surface area contributed by atoms with Crippen LogP contribution in [0.5, 0.6) is 5.88 Å². The Balaban J connectivity index is 1.41. The highest BCUT2D eigenvalue weighted by Gasteiger charge is 2.33. The van der Waals surface area contributed by atoms with Gasteiger partial charge in [-0.1, -0.05) is 37.3 Å². The quantitative estimate of drug-likeness (QED) is 0.662. The summed E-state index contributed by atoms with van der Waals surface area (Å²) in [7, 11) is 0. The molecule has 2 atom stereocenters. The van der Waals surface area contributed by atoms with Crippen molar-refractivity contribution in [1.29, 1.82) is 0 Å². The molecule has 1 saturated heterocycles. The van der Waals surface area contributed by atoms with E-state index in [1.807, 2.05) is 25.1 Å². The molecular formula is C21H24N6O3. The lowest BCUT2D eigenvalue weighted by atomic mass is 9.85. The molecule has 2 amide bonds. The predicted octanol–water partition coefficient (Wildman–Crippen LogP) is 1.41. The molecule has 156 valence electrons. The number of benzene rings is 1. The lowest BCUT2D eigenvalue weighted by Crippen LogP contribution is -2.53. The number of rotatable bonds is 6. The zero-order valence-electron chi connectivity index (χ0n) is 16.8. The first-order valence-electron chi connectivity index (χ1n) is 10.1. The molecule has 0 aliphatic carbocycles. The van der Waals surface area contributed by atoms with E-state index < -0.39 is 0 Å². The third-order valence-corrected chi connectivity index (χ3v) is 5.34. The monoisotopic (exact) mass is 408 g/mol. The Morgan fingerprint density at radius 1 is 1.20 bits per heavy atom. The van der Waals surface area contributed by atoms with E-state index in [4.69, 9.17) is 4.74 Å². The maximum absolute atomic E-state index is 12.8. The van der Waals surface area contributed by atoms with Crippen molar-refractivity contribution in [2.45, 2.75) is 31.7 Å². The summed E-state index contributed by atoms with van der Waals surface area (Å²) < 4.78 is 7.07. The van der Waals surface area contributed by atoms with E-state index in [1.165, 1.54) is 16.4 Å². The summed E-state index contributed by atoms with van der Waals surface area (Å²) in [4.78, 5) is 26.6. The van der Waals surface area contributed by atoms with Gasteiger partial charge in [-0.15, -0.1) is 15.3 Å². The fraction of sp³-hybridized carbons (Fsp3) is 0.381. The van der Waals surface area contributed by atoms with Gasteiger partial charge in [0.25, 0.3) is 5.91 Å². The van der Waals surface area contributed by atoms with Crippen LogP contribution in [0.2, 0.25) is 0 Å². The van der Waals surface area contributed by atoms with Crippen molar-refractivity contribution in [3.8, 4) is 5.88 Å². The average Bonchev–Trinajstić information content (AvgIpc) is 3.26. The Labute approximate surface area is 174 Å². The topological polar surface area (TPSA) is 102 Å². The van der Waals surface area contributed by atoms with Crippen LogP contribution in [-0.4, -0.2) is 62.3 Å². The SMILES string of the molecule is CCC(=O)N[C@H]1CN(C(=O)COc2ccc3nncn3n2)CC[C@H]1c1ccccc1. The van der Waals surface area contributed by atoms with Crippen LogP contribution >= 0.6 is 0 Å². The second kappa shape index (κ2) is 8.89. The number of likely N-dealkylation sites (tertiary alicyclic amines) is 1. The van der Waals surface area contributed by atoms with E-state index in [9.17, 15) is 9.59 Å². The van der Waals surface area contributed by atoms with Crippen LogP contribution in [0.3, 0.4) is 0 Å². The minimum Gasteiger partial charge on any atom is -0.467 e. The normalized spacial score (nSPS) is 18.9. The molecule has 30 heavy (non-hydrogen) atoms. The number of ether oxygens (including phenoxy) is 1. The van der Waals surface area contributed by atoms with E-state index in [-0.39, 0.29) is 30.4 Å². The number of nitrogens with zero attached hydrogens (tertiary/aromatic N) is 5. The molecule has 0 saturated carbocycles. The molecule has 4 rings (SSSR count). The fourth-order valence-corrected chi connectivity index (χ4v) is 3.75. The third kappa shape index (κ3) is 4.40. The number of hydrogen-bond acceptors (Lipinski definition) is 6. The first kappa shape index (κ1) is 19.8. The Kier molecular flexibility index (Phi) is 5.87. The fourth-order valence-electron chi connectivity index (χ4n) is 3.75. The van der Waals surface area contributed by atoms with Gasteiger partial charge in [0, 0.05) is 31.5 Å². The summed E-state index contributed by atoms with van der Waals surface area (Å²) in [6, 6.07) is 13.4. The number of aromatic nitrogens is 4. The van der Waals surface area contributed by atoms with Gasteiger partial charge in [-0.2, -0.15) is 4.52 Å². The van der Waals surface area contributed by atoms with E-state index in [1.54, 1.807) is 17.0 Å². The van der Waals surface area contributed by atoms with Crippen molar-refractivity contribution >= 4 is 17.5 Å². The molecule has 0 spiro atoms. The molecule has 1 N–H and O–H groups in total. The third-order valence-electron chi connectivity index (χ3n) is 5.34. The summed E-state index contributed by atoms with van der Waals surface area (Å²) in [5.74, 6) is 0.343. The van der Waals surface area contributed by atoms with Crippen molar-refractivity contribution in [2.75, 3.05) is 19.7 Å². The van der Waals surface area contributed by atoms with Gasteiger partial charge < -0.3 is 15.0 Å². The van der Waals surface area contributed by atoms with Gasteiger partial charge in [0.15, 0.2) is 12.3 Å². The standard InChI is InChI=1S/C21H24N6O3/c1-2-19(28)23-17-12-26(11-10-16(17)15-6-4-3-5-7-15)21(29)13-30-20-9-8-18-24-22-14-27(18)25-20/h3-9,14,16-17H,2,10-13H2,1H3,(H,23,28)/t16-,17-/m0/s1. The molecule has 9 heteroatoms. The highest BCUT2D eigenvalue weighted by atomic mass is 16.5. The van der Waals surface area contributed by atoms with Crippen molar-refractivity contribution in [1.82, 2.24) is 30.0 Å². The van der Waals surface area contributed by atoms with Crippen LogP contribution < -0.4 is 10.1 Å². The van der Waals surface area contributed by atoms with Gasteiger partial charge in [0.2, 0.25) is 11.8 Å². The molecule has 0 radical (unpaired) electrons. The Morgan fingerprint density at radius 3 is 2.83 bits per heavy atom. The molecule has 1 aliphatic heterocycles. The van der Waals surface area contributed by atoms with Crippen LogP contribution in [0.15, 0.2) is 48.8 Å². The lowest BCUT2D eigenvalue weighted by Gasteiger charge is -2.39. The molecule has 9 nitrogen and oxygen atoms in total. The van der Waals surface area contributed by atoms with Gasteiger partial charge in [0.05, 0.1) is 6.04 Å². The molecule has 0 bridgehead atoms. The van der Waals surface area contributed by atoms with Crippen LogP contribution in [0, 0.1) is 0 Å².